The molecule has 0 atom stereocenters. The first-order valence-corrected chi connectivity index (χ1v) is 6.32. The van der Waals surface area contributed by atoms with Crippen LogP contribution in [0.15, 0.2) is 24.3 Å². The van der Waals surface area contributed by atoms with Gasteiger partial charge in [0.2, 0.25) is 0 Å². The second-order valence-electron chi connectivity index (χ2n) is 5.09. The molecule has 0 amide bonds. The van der Waals surface area contributed by atoms with Gasteiger partial charge in [-0.2, -0.15) is 0 Å². The fourth-order valence-corrected chi connectivity index (χ4v) is 2.99. The van der Waals surface area contributed by atoms with Crippen molar-refractivity contribution in [1.29, 1.82) is 0 Å². The number of benzene rings is 1. The maximum Gasteiger partial charge on any atom is 0.123 e. The van der Waals surface area contributed by atoms with Crippen molar-refractivity contribution in [2.24, 2.45) is 0 Å². The summed E-state index contributed by atoms with van der Waals surface area (Å²) in [6.45, 7) is 2.44. The number of likely N-dealkylation sites (tertiary alicyclic amines) is 1. The van der Waals surface area contributed by atoms with Crippen LogP contribution in [0.4, 0.5) is 4.39 Å². The van der Waals surface area contributed by atoms with Crippen LogP contribution in [0.5, 0.6) is 0 Å². The molecule has 1 saturated carbocycles. The largest absolute Gasteiger partial charge is 0.294 e. The summed E-state index contributed by atoms with van der Waals surface area (Å²) in [6, 6.07) is 7.13. The molecule has 1 aliphatic heterocycles. The van der Waals surface area contributed by atoms with Crippen molar-refractivity contribution in [2.45, 2.75) is 37.6 Å². The molecular formula is C14H18FN. The van der Waals surface area contributed by atoms with Gasteiger partial charge in [0.15, 0.2) is 0 Å². The van der Waals surface area contributed by atoms with Gasteiger partial charge in [0.05, 0.1) is 0 Å². The summed E-state index contributed by atoms with van der Waals surface area (Å²) in [5.41, 5.74) is 1.59. The van der Waals surface area contributed by atoms with Gasteiger partial charge in [0, 0.05) is 5.54 Å². The lowest BCUT2D eigenvalue weighted by molar-refractivity contribution is 0.144. The Morgan fingerprint density at radius 2 is 1.56 bits per heavy atom. The van der Waals surface area contributed by atoms with Crippen LogP contribution < -0.4 is 0 Å². The SMILES string of the molecule is Fc1ccc(C2(N3CCCCC3)CC2)cc1. The van der Waals surface area contributed by atoms with E-state index in [1.165, 1.54) is 50.8 Å². The van der Waals surface area contributed by atoms with E-state index in [4.69, 9.17) is 0 Å². The highest BCUT2D eigenvalue weighted by atomic mass is 19.1. The Labute approximate surface area is 96.3 Å². The molecule has 86 valence electrons. The molecule has 2 heteroatoms. The van der Waals surface area contributed by atoms with E-state index in [9.17, 15) is 4.39 Å². The highest BCUT2D eigenvalue weighted by Gasteiger charge is 2.49. The smallest absolute Gasteiger partial charge is 0.123 e. The van der Waals surface area contributed by atoms with Gasteiger partial charge in [-0.1, -0.05) is 18.6 Å². The molecule has 2 aliphatic rings. The van der Waals surface area contributed by atoms with Crippen LogP contribution in [0, 0.1) is 5.82 Å². The Balaban J connectivity index is 1.84. The summed E-state index contributed by atoms with van der Waals surface area (Å²) in [7, 11) is 0. The molecule has 1 saturated heterocycles. The lowest BCUT2D eigenvalue weighted by Gasteiger charge is -2.35. The summed E-state index contributed by atoms with van der Waals surface area (Å²) in [5.74, 6) is -0.127. The second kappa shape index (κ2) is 3.85. The number of piperidine rings is 1. The van der Waals surface area contributed by atoms with Gasteiger partial charge >= 0.3 is 0 Å². The van der Waals surface area contributed by atoms with Gasteiger partial charge in [-0.3, -0.25) is 4.90 Å². The molecule has 1 nitrogen and oxygen atoms in total. The summed E-state index contributed by atoms with van der Waals surface area (Å²) >= 11 is 0. The zero-order valence-electron chi connectivity index (χ0n) is 9.58. The first-order valence-electron chi connectivity index (χ1n) is 6.32. The van der Waals surface area contributed by atoms with Crippen molar-refractivity contribution in [1.82, 2.24) is 4.90 Å². The Morgan fingerprint density at radius 1 is 0.938 bits per heavy atom. The third-order valence-electron chi connectivity index (χ3n) is 4.07. The topological polar surface area (TPSA) is 3.24 Å². The van der Waals surface area contributed by atoms with E-state index < -0.39 is 0 Å². The number of halogens is 1. The molecule has 0 unspecified atom stereocenters. The minimum atomic E-state index is -0.127. The predicted octanol–water partition coefficient (Wildman–Crippen LogP) is 3.30. The Bertz CT molecular complexity index is 361. The van der Waals surface area contributed by atoms with Crippen LogP contribution in [0.2, 0.25) is 0 Å². The molecule has 1 aliphatic carbocycles. The summed E-state index contributed by atoms with van der Waals surface area (Å²) in [5, 5.41) is 0. The molecule has 2 fully saturated rings. The maximum absolute atomic E-state index is 12.9. The Hall–Kier alpha value is -0.890. The standard InChI is InChI=1S/C14H18FN/c15-13-6-4-12(5-7-13)14(8-9-14)16-10-2-1-3-11-16/h4-7H,1-3,8-11H2. The molecule has 1 aromatic carbocycles. The summed E-state index contributed by atoms with van der Waals surface area (Å²) in [4.78, 5) is 2.61. The monoisotopic (exact) mass is 219 g/mol. The van der Waals surface area contributed by atoms with Crippen molar-refractivity contribution < 1.29 is 4.39 Å². The molecule has 0 aromatic heterocycles. The highest BCUT2D eigenvalue weighted by Crippen LogP contribution is 2.51. The number of rotatable bonds is 2. The highest BCUT2D eigenvalue weighted by molar-refractivity contribution is 5.30. The van der Waals surface area contributed by atoms with E-state index in [2.05, 4.69) is 4.90 Å². The van der Waals surface area contributed by atoms with Crippen molar-refractivity contribution in [3.05, 3.63) is 35.6 Å². The van der Waals surface area contributed by atoms with Gasteiger partial charge in [-0.05, 0) is 56.5 Å². The summed E-state index contributed by atoms with van der Waals surface area (Å²) < 4.78 is 12.9. The molecule has 0 radical (unpaired) electrons. The van der Waals surface area contributed by atoms with Crippen molar-refractivity contribution in [3.63, 3.8) is 0 Å². The van der Waals surface area contributed by atoms with Crippen molar-refractivity contribution >= 4 is 0 Å². The van der Waals surface area contributed by atoms with Crippen LogP contribution in [0.25, 0.3) is 0 Å². The third kappa shape index (κ3) is 1.65. The molecule has 0 N–H and O–H groups in total. The number of hydrogen-bond donors (Lipinski definition) is 0. The average Bonchev–Trinajstić information content (AvgIpc) is 3.13. The fourth-order valence-electron chi connectivity index (χ4n) is 2.99. The maximum atomic E-state index is 12.9. The lowest BCUT2D eigenvalue weighted by atomic mass is 9.99. The van der Waals surface area contributed by atoms with E-state index in [0.29, 0.717) is 0 Å². The van der Waals surface area contributed by atoms with Crippen molar-refractivity contribution in [3.8, 4) is 0 Å². The first kappa shape index (κ1) is 10.3. The Morgan fingerprint density at radius 3 is 2.12 bits per heavy atom. The van der Waals surface area contributed by atoms with Gasteiger partial charge in [-0.25, -0.2) is 4.39 Å². The van der Waals surface area contributed by atoms with Crippen LogP contribution in [-0.4, -0.2) is 18.0 Å². The lowest BCUT2D eigenvalue weighted by Crippen LogP contribution is -2.39. The van der Waals surface area contributed by atoms with Crippen LogP contribution in [0.1, 0.15) is 37.7 Å². The molecular weight excluding hydrogens is 201 g/mol. The van der Waals surface area contributed by atoms with Crippen molar-refractivity contribution in [2.75, 3.05) is 13.1 Å². The Kier molecular flexibility index (Phi) is 2.47. The number of nitrogens with zero attached hydrogens (tertiary/aromatic N) is 1. The zero-order valence-corrected chi connectivity index (χ0v) is 9.58. The fraction of sp³-hybridized carbons (Fsp3) is 0.571. The second-order valence-corrected chi connectivity index (χ2v) is 5.09. The molecule has 3 rings (SSSR count). The molecule has 16 heavy (non-hydrogen) atoms. The molecule has 1 aromatic rings. The van der Waals surface area contributed by atoms with E-state index in [1.54, 1.807) is 12.1 Å². The quantitative estimate of drug-likeness (QED) is 0.737. The van der Waals surface area contributed by atoms with E-state index >= 15 is 0 Å². The number of hydrogen-bond acceptors (Lipinski definition) is 1. The first-order chi connectivity index (χ1) is 7.81. The zero-order chi connectivity index (χ0) is 11.0. The average molecular weight is 219 g/mol. The van der Waals surface area contributed by atoms with Gasteiger partial charge in [-0.15, -0.1) is 0 Å². The third-order valence-corrected chi connectivity index (χ3v) is 4.07. The molecule has 0 bridgehead atoms. The van der Waals surface area contributed by atoms with E-state index in [-0.39, 0.29) is 11.4 Å². The van der Waals surface area contributed by atoms with Gasteiger partial charge in [0.25, 0.3) is 0 Å². The van der Waals surface area contributed by atoms with Crippen LogP contribution in [-0.2, 0) is 5.54 Å². The van der Waals surface area contributed by atoms with Crippen LogP contribution in [0.3, 0.4) is 0 Å². The van der Waals surface area contributed by atoms with E-state index in [0.717, 1.165) is 0 Å². The minimum absolute atomic E-state index is 0.127. The van der Waals surface area contributed by atoms with Crippen LogP contribution >= 0.6 is 0 Å². The molecule has 0 spiro atoms. The summed E-state index contributed by atoms with van der Waals surface area (Å²) in [6.07, 6.45) is 6.51. The predicted molar refractivity (Wildman–Crippen MR) is 62.7 cm³/mol. The minimum Gasteiger partial charge on any atom is -0.294 e. The normalized spacial score (nSPS) is 24.3. The van der Waals surface area contributed by atoms with Gasteiger partial charge in [0.1, 0.15) is 5.82 Å². The van der Waals surface area contributed by atoms with Gasteiger partial charge < -0.3 is 0 Å². The molecule has 1 heterocycles. The van der Waals surface area contributed by atoms with E-state index in [1.807, 2.05) is 12.1 Å².